The summed E-state index contributed by atoms with van der Waals surface area (Å²) in [6.45, 7) is 3.46. The zero-order valence-electron chi connectivity index (χ0n) is 22.8. The zero-order valence-corrected chi connectivity index (χ0v) is 24.4. The summed E-state index contributed by atoms with van der Waals surface area (Å²) in [4.78, 5) is 39.7. The third kappa shape index (κ3) is 5.60. The summed E-state index contributed by atoms with van der Waals surface area (Å²) >= 11 is 1.14. The molecular formula is C29H28F3N3O5S2. The first kappa shape index (κ1) is 29.9. The fourth-order valence-corrected chi connectivity index (χ4v) is 8.43. The summed E-state index contributed by atoms with van der Waals surface area (Å²) < 4.78 is 70.5. The van der Waals surface area contributed by atoms with Gasteiger partial charge in [0, 0.05) is 35.5 Å². The minimum Gasteiger partial charge on any atom is -0.298 e. The Morgan fingerprint density at radius 2 is 1.76 bits per heavy atom. The molecule has 1 atom stereocenters. The number of alkyl halides is 3. The number of ketones is 1. The average molecular weight is 620 g/mol. The van der Waals surface area contributed by atoms with Crippen molar-refractivity contribution in [3.63, 3.8) is 0 Å². The number of hydrogen-bond acceptors (Lipinski definition) is 6. The van der Waals surface area contributed by atoms with Crippen molar-refractivity contribution in [2.45, 2.75) is 62.0 Å². The molecule has 42 heavy (non-hydrogen) atoms. The number of halogens is 3. The average Bonchev–Trinajstić information content (AvgIpc) is 3.61. The Kier molecular flexibility index (Phi) is 8.03. The number of aryl methyl sites for hydroxylation is 1. The van der Waals surface area contributed by atoms with E-state index in [-0.39, 0.29) is 40.6 Å². The molecule has 0 radical (unpaired) electrons. The van der Waals surface area contributed by atoms with E-state index >= 15 is 0 Å². The highest BCUT2D eigenvalue weighted by atomic mass is 32.2. The Balaban J connectivity index is 1.41. The number of fused-ring (bicyclic) bond motifs is 1. The number of sulfonamides is 1. The fourth-order valence-electron chi connectivity index (χ4n) is 5.22. The van der Waals surface area contributed by atoms with Gasteiger partial charge in [0.2, 0.25) is 0 Å². The molecule has 1 aliphatic rings. The standard InChI is InChI=1S/C29H28F3N3O5S2/c1-18(2)35-27(37)20(17-33(28(35)38)22-12-10-21(11-13-22)29(30,31)32)9-14-24(36)23-7-5-15-34(23)42(39,40)26-16-19-6-3-4-8-25(19)41-26/h3-4,6,8,10-13,16-18,23H,5,7,9,14-15H2,1-2H3/t23-/m0/s1. The molecule has 0 aliphatic carbocycles. The van der Waals surface area contributed by atoms with Gasteiger partial charge in [0.1, 0.15) is 4.21 Å². The second-order valence-electron chi connectivity index (χ2n) is 10.5. The number of nitrogens with zero attached hydrogens (tertiary/aromatic N) is 3. The van der Waals surface area contributed by atoms with E-state index in [1.807, 2.05) is 24.3 Å². The predicted molar refractivity (Wildman–Crippen MR) is 154 cm³/mol. The van der Waals surface area contributed by atoms with Gasteiger partial charge in [-0.2, -0.15) is 17.5 Å². The van der Waals surface area contributed by atoms with Crippen molar-refractivity contribution in [2.24, 2.45) is 0 Å². The predicted octanol–water partition coefficient (Wildman–Crippen LogP) is 5.17. The van der Waals surface area contributed by atoms with Crippen molar-refractivity contribution in [2.75, 3.05) is 6.54 Å². The molecule has 2 aromatic heterocycles. The number of carbonyl (C=O) groups is 1. The molecule has 1 aliphatic heterocycles. The first-order chi connectivity index (χ1) is 19.8. The number of rotatable bonds is 8. The first-order valence-electron chi connectivity index (χ1n) is 13.4. The lowest BCUT2D eigenvalue weighted by molar-refractivity contribution is -0.137. The molecule has 0 bridgehead atoms. The van der Waals surface area contributed by atoms with Gasteiger partial charge in [0.25, 0.3) is 15.6 Å². The van der Waals surface area contributed by atoms with E-state index < -0.39 is 45.1 Å². The minimum absolute atomic E-state index is 0.0709. The lowest BCUT2D eigenvalue weighted by atomic mass is 10.0. The van der Waals surface area contributed by atoms with E-state index in [4.69, 9.17) is 0 Å². The van der Waals surface area contributed by atoms with Crippen molar-refractivity contribution in [3.05, 3.63) is 92.8 Å². The van der Waals surface area contributed by atoms with Crippen LogP contribution >= 0.6 is 11.3 Å². The molecule has 0 spiro atoms. The van der Waals surface area contributed by atoms with Crippen LogP contribution in [0, 0.1) is 0 Å². The number of aromatic nitrogens is 2. The van der Waals surface area contributed by atoms with E-state index in [1.54, 1.807) is 19.9 Å². The SMILES string of the molecule is CC(C)n1c(=O)c(CCC(=O)[C@@H]2CCCN2S(=O)(=O)c2cc3ccccc3s2)cn(-c2ccc(C(F)(F)F)cc2)c1=O. The Bertz CT molecular complexity index is 1840. The monoisotopic (exact) mass is 619 g/mol. The molecule has 222 valence electrons. The maximum Gasteiger partial charge on any atom is 0.416 e. The van der Waals surface area contributed by atoms with Gasteiger partial charge in [-0.25, -0.2) is 13.2 Å². The van der Waals surface area contributed by atoms with Crippen LogP contribution in [0.3, 0.4) is 0 Å². The molecule has 13 heteroatoms. The minimum atomic E-state index is -4.55. The molecule has 0 N–H and O–H groups in total. The van der Waals surface area contributed by atoms with Crippen LogP contribution in [-0.4, -0.2) is 40.2 Å². The molecule has 0 amide bonds. The normalized spacial score (nSPS) is 16.5. The largest absolute Gasteiger partial charge is 0.416 e. The van der Waals surface area contributed by atoms with Gasteiger partial charge in [-0.1, -0.05) is 18.2 Å². The molecule has 4 aromatic rings. The number of hydrogen-bond donors (Lipinski definition) is 0. The van der Waals surface area contributed by atoms with Crippen molar-refractivity contribution in [3.8, 4) is 5.69 Å². The Morgan fingerprint density at radius 3 is 2.40 bits per heavy atom. The molecule has 3 heterocycles. The lowest BCUT2D eigenvalue weighted by Gasteiger charge is -2.22. The van der Waals surface area contributed by atoms with Gasteiger partial charge in [0.15, 0.2) is 5.78 Å². The van der Waals surface area contributed by atoms with Crippen LogP contribution in [-0.2, 0) is 27.4 Å². The molecule has 0 unspecified atom stereocenters. The van der Waals surface area contributed by atoms with Gasteiger partial charge >= 0.3 is 11.9 Å². The van der Waals surface area contributed by atoms with Crippen molar-refractivity contribution >= 4 is 37.2 Å². The summed E-state index contributed by atoms with van der Waals surface area (Å²) in [6, 6.07) is 11.5. The highest BCUT2D eigenvalue weighted by Gasteiger charge is 2.40. The van der Waals surface area contributed by atoms with Gasteiger partial charge in [0.05, 0.1) is 17.3 Å². The van der Waals surface area contributed by atoms with Gasteiger partial charge < -0.3 is 0 Å². The third-order valence-electron chi connectivity index (χ3n) is 7.36. The van der Waals surface area contributed by atoms with Crippen LogP contribution in [0.25, 0.3) is 15.8 Å². The quantitative estimate of drug-likeness (QED) is 0.271. The summed E-state index contributed by atoms with van der Waals surface area (Å²) in [5, 5.41) is 0.799. The van der Waals surface area contributed by atoms with Crippen LogP contribution in [0.1, 0.15) is 50.3 Å². The van der Waals surface area contributed by atoms with Crippen LogP contribution < -0.4 is 11.2 Å². The molecule has 5 rings (SSSR count). The van der Waals surface area contributed by atoms with Gasteiger partial charge in [-0.3, -0.25) is 18.7 Å². The molecule has 1 fully saturated rings. The van der Waals surface area contributed by atoms with E-state index in [2.05, 4.69) is 0 Å². The number of thiophene rings is 1. The van der Waals surface area contributed by atoms with Crippen molar-refractivity contribution in [1.82, 2.24) is 13.4 Å². The Hall–Kier alpha value is -3.55. The molecular weight excluding hydrogens is 591 g/mol. The molecule has 1 saturated heterocycles. The fraction of sp³-hybridized carbons (Fsp3) is 0.345. The highest BCUT2D eigenvalue weighted by Crippen LogP contribution is 2.34. The van der Waals surface area contributed by atoms with Gasteiger partial charge in [-0.15, -0.1) is 11.3 Å². The van der Waals surface area contributed by atoms with Crippen molar-refractivity contribution < 1.29 is 26.4 Å². The maximum absolute atomic E-state index is 13.5. The smallest absolute Gasteiger partial charge is 0.298 e. The molecule has 0 saturated carbocycles. The van der Waals surface area contributed by atoms with E-state index in [0.29, 0.717) is 12.8 Å². The van der Waals surface area contributed by atoms with Crippen LogP contribution in [0.2, 0.25) is 0 Å². The van der Waals surface area contributed by atoms with Crippen molar-refractivity contribution in [1.29, 1.82) is 0 Å². The van der Waals surface area contributed by atoms with Gasteiger partial charge in [-0.05, 0) is 74.9 Å². The Labute approximate surface area is 243 Å². The zero-order chi connectivity index (χ0) is 30.4. The Morgan fingerprint density at radius 1 is 1.07 bits per heavy atom. The summed E-state index contributed by atoms with van der Waals surface area (Å²) in [7, 11) is -3.93. The van der Waals surface area contributed by atoms with E-state index in [1.165, 1.54) is 10.5 Å². The van der Waals surface area contributed by atoms with E-state index in [9.17, 15) is 36.0 Å². The summed E-state index contributed by atoms with van der Waals surface area (Å²) in [5.74, 6) is -0.347. The topological polar surface area (TPSA) is 98.4 Å². The van der Waals surface area contributed by atoms with Crippen LogP contribution in [0.4, 0.5) is 13.2 Å². The van der Waals surface area contributed by atoms with Crippen LogP contribution in [0.5, 0.6) is 0 Å². The number of carbonyl (C=O) groups excluding carboxylic acids is 1. The van der Waals surface area contributed by atoms with E-state index in [0.717, 1.165) is 54.8 Å². The second-order valence-corrected chi connectivity index (χ2v) is 13.7. The second kappa shape index (κ2) is 11.3. The summed E-state index contributed by atoms with van der Waals surface area (Å²) in [6.07, 6.45) is -2.66. The van der Waals surface area contributed by atoms with Crippen LogP contribution in [0.15, 0.2) is 74.6 Å². The number of benzene rings is 2. The summed E-state index contributed by atoms with van der Waals surface area (Å²) in [5.41, 5.74) is -1.96. The maximum atomic E-state index is 13.5. The molecule has 8 nitrogen and oxygen atoms in total. The number of Topliss-reactive ketones (excluding diaryl/α,β-unsaturated/α-hetero) is 1. The lowest BCUT2D eigenvalue weighted by Crippen LogP contribution is -2.42. The first-order valence-corrected chi connectivity index (χ1v) is 15.6. The third-order valence-corrected chi connectivity index (χ3v) is 10.8. The highest BCUT2D eigenvalue weighted by molar-refractivity contribution is 7.91. The molecule has 2 aromatic carbocycles.